The molecule has 0 bridgehead atoms. The molecule has 1 aromatic rings. The third-order valence-corrected chi connectivity index (χ3v) is 3.44. The monoisotopic (exact) mass is 308 g/mol. The van der Waals surface area contributed by atoms with Crippen LogP contribution in [0.1, 0.15) is 19.3 Å². The van der Waals surface area contributed by atoms with E-state index >= 15 is 0 Å². The summed E-state index contributed by atoms with van der Waals surface area (Å²) in [5, 5.41) is 28.4. The summed E-state index contributed by atoms with van der Waals surface area (Å²) < 4.78 is 5.28. The van der Waals surface area contributed by atoms with Crippen LogP contribution in [0.2, 0.25) is 6.32 Å². The van der Waals surface area contributed by atoms with Gasteiger partial charge in [0.2, 0.25) is 0 Å². The van der Waals surface area contributed by atoms with Crippen LogP contribution < -0.4 is 9.64 Å². The Bertz CT molecular complexity index is 565. The maximum Gasteiger partial charge on any atom is 0.451 e. The molecule has 9 heteroatoms. The van der Waals surface area contributed by atoms with E-state index in [0.717, 1.165) is 6.42 Å². The van der Waals surface area contributed by atoms with Gasteiger partial charge >= 0.3 is 7.12 Å². The topological polar surface area (TPSA) is 113 Å². The predicted molar refractivity (Wildman–Crippen MR) is 79.8 cm³/mol. The molecule has 0 atom stereocenters. The Morgan fingerprint density at radius 3 is 2.77 bits per heavy atom. The van der Waals surface area contributed by atoms with Gasteiger partial charge < -0.3 is 19.7 Å². The van der Waals surface area contributed by atoms with Gasteiger partial charge in [0.15, 0.2) is 6.61 Å². The largest absolute Gasteiger partial charge is 0.482 e. The van der Waals surface area contributed by atoms with E-state index in [2.05, 4.69) is 0 Å². The minimum atomic E-state index is -1.31. The number of nitro benzene ring substituents is 1. The van der Waals surface area contributed by atoms with Crippen LogP contribution in [-0.4, -0.2) is 41.1 Å². The maximum absolute atomic E-state index is 12.0. The van der Waals surface area contributed by atoms with Crippen LogP contribution in [0.25, 0.3) is 0 Å². The molecular formula is C13H17BN2O6. The van der Waals surface area contributed by atoms with Gasteiger partial charge in [0, 0.05) is 18.7 Å². The van der Waals surface area contributed by atoms with Gasteiger partial charge in [0.25, 0.3) is 11.6 Å². The number of hydrogen-bond donors (Lipinski definition) is 2. The summed E-state index contributed by atoms with van der Waals surface area (Å²) in [5.41, 5.74) is 0.318. The molecule has 1 aliphatic rings. The van der Waals surface area contributed by atoms with Crippen LogP contribution in [0.3, 0.4) is 0 Å². The first-order chi connectivity index (χ1) is 10.5. The molecular weight excluding hydrogens is 291 g/mol. The quantitative estimate of drug-likeness (QED) is 0.336. The molecule has 1 heterocycles. The number of unbranched alkanes of at least 4 members (excludes halogenated alkanes) is 2. The van der Waals surface area contributed by atoms with Crippen molar-refractivity contribution in [3.05, 3.63) is 28.3 Å². The number of nitrogens with zero attached hydrogens (tertiary/aromatic N) is 2. The van der Waals surface area contributed by atoms with E-state index in [-0.39, 0.29) is 18.2 Å². The van der Waals surface area contributed by atoms with Crippen molar-refractivity contribution in [3.8, 4) is 5.75 Å². The lowest BCUT2D eigenvalue weighted by atomic mass is 9.83. The molecule has 2 N–H and O–H groups in total. The van der Waals surface area contributed by atoms with Gasteiger partial charge in [0.05, 0.1) is 10.6 Å². The number of ether oxygens (including phenoxy) is 1. The predicted octanol–water partition coefficient (Wildman–Crippen LogP) is 0.963. The molecule has 0 saturated carbocycles. The number of rotatable bonds is 7. The second-order valence-electron chi connectivity index (χ2n) is 5.07. The van der Waals surface area contributed by atoms with Gasteiger partial charge in [-0.1, -0.05) is 12.8 Å². The average molecular weight is 308 g/mol. The van der Waals surface area contributed by atoms with Gasteiger partial charge in [-0.05, 0) is 18.8 Å². The van der Waals surface area contributed by atoms with Crippen LogP contribution in [-0.2, 0) is 4.79 Å². The number of hydrogen-bond acceptors (Lipinski definition) is 6. The highest BCUT2D eigenvalue weighted by Gasteiger charge is 2.27. The van der Waals surface area contributed by atoms with Gasteiger partial charge in [-0.3, -0.25) is 14.9 Å². The van der Waals surface area contributed by atoms with Crippen LogP contribution in [0, 0.1) is 10.1 Å². The lowest BCUT2D eigenvalue weighted by molar-refractivity contribution is -0.384. The van der Waals surface area contributed by atoms with Crippen molar-refractivity contribution in [1.29, 1.82) is 0 Å². The number of benzene rings is 1. The van der Waals surface area contributed by atoms with Crippen molar-refractivity contribution in [3.63, 3.8) is 0 Å². The highest BCUT2D eigenvalue weighted by Crippen LogP contribution is 2.35. The number of non-ortho nitro benzene ring substituents is 1. The highest BCUT2D eigenvalue weighted by molar-refractivity contribution is 6.40. The molecule has 0 saturated heterocycles. The molecule has 2 rings (SSSR count). The summed E-state index contributed by atoms with van der Waals surface area (Å²) in [6.45, 7) is 0.331. The molecule has 0 aromatic heterocycles. The Hall–Kier alpha value is -2.13. The zero-order valence-electron chi connectivity index (χ0n) is 12.0. The summed E-state index contributed by atoms with van der Waals surface area (Å²) in [6.07, 6.45) is 2.32. The Morgan fingerprint density at radius 1 is 1.32 bits per heavy atom. The van der Waals surface area contributed by atoms with E-state index < -0.39 is 12.0 Å². The van der Waals surface area contributed by atoms with Gasteiger partial charge in [-0.2, -0.15) is 0 Å². The Morgan fingerprint density at radius 2 is 2.09 bits per heavy atom. The Balaban J connectivity index is 2.03. The fraction of sp³-hybridized carbons (Fsp3) is 0.462. The number of amides is 1. The van der Waals surface area contributed by atoms with Crippen molar-refractivity contribution >= 4 is 24.4 Å². The molecule has 22 heavy (non-hydrogen) atoms. The molecule has 1 aromatic carbocycles. The standard InChI is InChI=1S/C13H17BN2O6/c17-13-9-22-12-5-4-10(16(20)21)8-11(12)15(13)7-3-1-2-6-14(18)19/h4-5,8,18-19H,1-3,6-7,9H2. The average Bonchev–Trinajstić information content (AvgIpc) is 2.48. The van der Waals surface area contributed by atoms with Crippen molar-refractivity contribution in [2.24, 2.45) is 0 Å². The zero-order valence-corrected chi connectivity index (χ0v) is 12.0. The molecule has 0 unspecified atom stereocenters. The van der Waals surface area contributed by atoms with Crippen LogP contribution in [0.5, 0.6) is 5.75 Å². The number of anilines is 1. The highest BCUT2D eigenvalue weighted by atomic mass is 16.6. The normalized spacial score (nSPS) is 13.5. The second kappa shape index (κ2) is 7.23. The smallest absolute Gasteiger partial charge is 0.451 e. The Kier molecular flexibility index (Phi) is 5.34. The summed E-state index contributed by atoms with van der Waals surface area (Å²) in [4.78, 5) is 23.8. The van der Waals surface area contributed by atoms with Crippen LogP contribution in [0.4, 0.5) is 11.4 Å². The second-order valence-corrected chi connectivity index (χ2v) is 5.07. The number of carbonyl (C=O) groups is 1. The van der Waals surface area contributed by atoms with E-state index in [9.17, 15) is 14.9 Å². The molecule has 1 aliphatic heterocycles. The molecule has 1 amide bonds. The summed E-state index contributed by atoms with van der Waals surface area (Å²) in [5.74, 6) is 0.214. The van der Waals surface area contributed by atoms with E-state index in [0.29, 0.717) is 37.1 Å². The first-order valence-electron chi connectivity index (χ1n) is 7.07. The third kappa shape index (κ3) is 3.95. The lowest BCUT2D eigenvalue weighted by Crippen LogP contribution is -2.39. The summed E-state index contributed by atoms with van der Waals surface area (Å²) >= 11 is 0. The van der Waals surface area contributed by atoms with Crippen molar-refractivity contribution in [2.45, 2.75) is 25.6 Å². The zero-order chi connectivity index (χ0) is 16.1. The van der Waals surface area contributed by atoms with Gasteiger partial charge in [-0.25, -0.2) is 0 Å². The summed E-state index contributed by atoms with van der Waals surface area (Å²) in [7, 11) is -1.31. The van der Waals surface area contributed by atoms with Crippen LogP contribution >= 0.6 is 0 Å². The molecule has 0 radical (unpaired) electrons. The molecule has 0 fully saturated rings. The van der Waals surface area contributed by atoms with Crippen LogP contribution in [0.15, 0.2) is 18.2 Å². The first kappa shape index (κ1) is 16.2. The van der Waals surface area contributed by atoms with Gasteiger partial charge in [0.1, 0.15) is 5.75 Å². The number of nitro groups is 1. The summed E-state index contributed by atoms with van der Waals surface area (Å²) in [6, 6.07) is 4.17. The van der Waals surface area contributed by atoms with Crippen molar-refractivity contribution in [1.82, 2.24) is 0 Å². The minimum absolute atomic E-state index is 0.0832. The molecule has 8 nitrogen and oxygen atoms in total. The number of fused-ring (bicyclic) bond motifs is 1. The fourth-order valence-electron chi connectivity index (χ4n) is 2.32. The SMILES string of the molecule is O=C1COc2ccc([N+](=O)[O-])cc2N1CCCCCB(O)O. The minimum Gasteiger partial charge on any atom is -0.482 e. The Labute approximate surface area is 127 Å². The molecule has 0 aliphatic carbocycles. The lowest BCUT2D eigenvalue weighted by Gasteiger charge is -2.29. The third-order valence-electron chi connectivity index (χ3n) is 3.44. The van der Waals surface area contributed by atoms with Gasteiger partial charge in [-0.15, -0.1) is 0 Å². The number of carbonyl (C=O) groups excluding carboxylic acids is 1. The maximum atomic E-state index is 12.0. The van der Waals surface area contributed by atoms with Crippen molar-refractivity contribution < 1.29 is 24.5 Å². The first-order valence-corrected chi connectivity index (χ1v) is 7.07. The van der Waals surface area contributed by atoms with Crippen molar-refractivity contribution in [2.75, 3.05) is 18.1 Å². The molecule has 0 spiro atoms. The van der Waals surface area contributed by atoms with E-state index in [1.807, 2.05) is 0 Å². The van der Waals surface area contributed by atoms with E-state index in [4.69, 9.17) is 14.8 Å². The van der Waals surface area contributed by atoms with E-state index in [1.165, 1.54) is 23.1 Å². The van der Waals surface area contributed by atoms with E-state index in [1.54, 1.807) is 0 Å². The molecule has 118 valence electrons. The fourth-order valence-corrected chi connectivity index (χ4v) is 2.32.